The Balaban J connectivity index is 1.33. The van der Waals surface area contributed by atoms with Crippen LogP contribution in [-0.4, -0.2) is 26.0 Å². The number of hydrogen-bond donors (Lipinski definition) is 2. The lowest BCUT2D eigenvalue weighted by atomic mass is 10.0. The second kappa shape index (κ2) is 10.4. The summed E-state index contributed by atoms with van der Waals surface area (Å²) in [6.07, 6.45) is 0. The SMILES string of the molecule is COc1cc2ccccc2cc1C(=O)Nc1cccc2c(NC(=O)c3cc4ccccc4cc3OC)cccc12. The van der Waals surface area contributed by atoms with Crippen LogP contribution in [-0.2, 0) is 0 Å². The highest BCUT2D eigenvalue weighted by Gasteiger charge is 2.18. The first-order valence-corrected chi connectivity index (χ1v) is 12.8. The molecule has 0 heterocycles. The van der Waals surface area contributed by atoms with Gasteiger partial charge in [0.1, 0.15) is 11.5 Å². The molecule has 0 saturated carbocycles. The Labute approximate surface area is 231 Å². The van der Waals surface area contributed by atoms with Crippen molar-refractivity contribution in [2.75, 3.05) is 24.9 Å². The van der Waals surface area contributed by atoms with Crippen molar-refractivity contribution in [3.05, 3.63) is 120 Å². The van der Waals surface area contributed by atoms with Crippen LogP contribution in [0.1, 0.15) is 20.7 Å². The van der Waals surface area contributed by atoms with Crippen LogP contribution in [0.3, 0.4) is 0 Å². The summed E-state index contributed by atoms with van der Waals surface area (Å²) in [5, 5.41) is 11.5. The van der Waals surface area contributed by atoms with E-state index in [9.17, 15) is 9.59 Å². The molecular weight excluding hydrogens is 500 g/mol. The van der Waals surface area contributed by atoms with Crippen molar-refractivity contribution in [3.8, 4) is 11.5 Å². The quantitative estimate of drug-likeness (QED) is 0.234. The Morgan fingerprint density at radius 2 is 0.875 bits per heavy atom. The molecule has 0 fully saturated rings. The number of carbonyl (C=O) groups excluding carboxylic acids is 2. The number of anilines is 2. The molecule has 6 aromatic rings. The number of amides is 2. The van der Waals surface area contributed by atoms with Gasteiger partial charge in [0.25, 0.3) is 11.8 Å². The molecule has 0 bridgehead atoms. The highest BCUT2D eigenvalue weighted by molar-refractivity contribution is 6.16. The molecule has 0 saturated heterocycles. The van der Waals surface area contributed by atoms with Gasteiger partial charge in [-0.3, -0.25) is 9.59 Å². The minimum Gasteiger partial charge on any atom is -0.496 e. The van der Waals surface area contributed by atoms with Crippen LogP contribution in [0.5, 0.6) is 11.5 Å². The van der Waals surface area contributed by atoms with Crippen LogP contribution in [0.2, 0.25) is 0 Å². The minimum atomic E-state index is -0.287. The normalized spacial score (nSPS) is 10.9. The number of fused-ring (bicyclic) bond motifs is 3. The summed E-state index contributed by atoms with van der Waals surface area (Å²) in [6.45, 7) is 0. The van der Waals surface area contributed by atoms with E-state index in [0.29, 0.717) is 34.0 Å². The maximum absolute atomic E-state index is 13.4. The molecule has 2 amide bonds. The van der Waals surface area contributed by atoms with Gasteiger partial charge in [0.2, 0.25) is 0 Å². The first-order valence-electron chi connectivity index (χ1n) is 12.8. The van der Waals surface area contributed by atoms with E-state index in [-0.39, 0.29) is 11.8 Å². The molecule has 0 spiro atoms. The molecule has 0 aliphatic rings. The maximum atomic E-state index is 13.4. The zero-order valence-corrected chi connectivity index (χ0v) is 22.0. The lowest BCUT2D eigenvalue weighted by molar-refractivity contribution is 0.101. The number of rotatable bonds is 6. The fourth-order valence-corrected chi connectivity index (χ4v) is 5.04. The molecule has 6 aromatic carbocycles. The van der Waals surface area contributed by atoms with Crippen LogP contribution in [0, 0.1) is 0 Å². The zero-order valence-electron chi connectivity index (χ0n) is 22.0. The third kappa shape index (κ3) is 4.56. The first kappa shape index (κ1) is 24.9. The Kier molecular flexibility index (Phi) is 6.50. The van der Waals surface area contributed by atoms with Crippen molar-refractivity contribution >= 4 is 55.5 Å². The van der Waals surface area contributed by atoms with Gasteiger partial charge in [0.15, 0.2) is 0 Å². The summed E-state index contributed by atoms with van der Waals surface area (Å²) in [7, 11) is 3.11. The number of ether oxygens (including phenoxy) is 2. The second-order valence-corrected chi connectivity index (χ2v) is 9.41. The molecule has 6 rings (SSSR count). The van der Waals surface area contributed by atoms with E-state index in [0.717, 1.165) is 32.3 Å². The van der Waals surface area contributed by atoms with Gasteiger partial charge in [-0.15, -0.1) is 0 Å². The average molecular weight is 527 g/mol. The summed E-state index contributed by atoms with van der Waals surface area (Å²) >= 11 is 0. The molecule has 0 unspecified atom stereocenters. The predicted molar refractivity (Wildman–Crippen MR) is 161 cm³/mol. The molecule has 196 valence electrons. The maximum Gasteiger partial charge on any atom is 0.259 e. The average Bonchev–Trinajstić information content (AvgIpc) is 3.00. The summed E-state index contributed by atoms with van der Waals surface area (Å²) in [6, 6.07) is 34.2. The number of methoxy groups -OCH3 is 2. The summed E-state index contributed by atoms with van der Waals surface area (Å²) in [5.74, 6) is 0.415. The van der Waals surface area contributed by atoms with Crippen molar-refractivity contribution in [3.63, 3.8) is 0 Å². The first-order chi connectivity index (χ1) is 19.6. The van der Waals surface area contributed by atoms with Crippen LogP contribution in [0.25, 0.3) is 32.3 Å². The topological polar surface area (TPSA) is 76.7 Å². The van der Waals surface area contributed by atoms with Crippen LogP contribution >= 0.6 is 0 Å². The Bertz CT molecular complexity index is 1790. The highest BCUT2D eigenvalue weighted by atomic mass is 16.5. The number of hydrogen-bond acceptors (Lipinski definition) is 4. The number of nitrogens with one attached hydrogen (secondary N) is 2. The highest BCUT2D eigenvalue weighted by Crippen LogP contribution is 2.33. The summed E-state index contributed by atoms with van der Waals surface area (Å²) in [4.78, 5) is 26.9. The lowest BCUT2D eigenvalue weighted by Crippen LogP contribution is -2.15. The number of benzene rings is 6. The van der Waals surface area contributed by atoms with E-state index in [1.54, 1.807) is 14.2 Å². The predicted octanol–water partition coefficient (Wildman–Crippen LogP) is 7.67. The van der Waals surface area contributed by atoms with E-state index in [2.05, 4.69) is 10.6 Å². The van der Waals surface area contributed by atoms with Gasteiger partial charge in [-0.1, -0.05) is 72.8 Å². The van der Waals surface area contributed by atoms with Crippen LogP contribution in [0.15, 0.2) is 109 Å². The second-order valence-electron chi connectivity index (χ2n) is 9.41. The van der Waals surface area contributed by atoms with Crippen molar-refractivity contribution in [2.24, 2.45) is 0 Å². The summed E-state index contributed by atoms with van der Waals surface area (Å²) < 4.78 is 11.1. The fourth-order valence-electron chi connectivity index (χ4n) is 5.04. The molecule has 6 heteroatoms. The summed E-state index contributed by atoms with van der Waals surface area (Å²) in [5.41, 5.74) is 2.12. The van der Waals surface area contributed by atoms with Crippen molar-refractivity contribution in [1.82, 2.24) is 0 Å². The largest absolute Gasteiger partial charge is 0.496 e. The molecule has 40 heavy (non-hydrogen) atoms. The molecule has 0 atom stereocenters. The van der Waals surface area contributed by atoms with Gasteiger partial charge in [-0.05, 0) is 57.9 Å². The lowest BCUT2D eigenvalue weighted by Gasteiger charge is -2.15. The van der Waals surface area contributed by atoms with Gasteiger partial charge in [0, 0.05) is 22.1 Å². The van der Waals surface area contributed by atoms with Gasteiger partial charge in [0.05, 0.1) is 25.3 Å². The zero-order chi connectivity index (χ0) is 27.6. The number of carbonyl (C=O) groups is 2. The molecule has 0 aromatic heterocycles. The van der Waals surface area contributed by atoms with Crippen molar-refractivity contribution < 1.29 is 19.1 Å². The standard InChI is InChI=1S/C34H26N2O4/c1-39-31-19-23-11-5-3-9-21(23)17-27(31)33(37)35-29-15-7-14-26-25(29)13-8-16-30(26)36-34(38)28-18-22-10-4-6-12-24(22)20-32(28)40-2/h3-20H,1-2H3,(H,35,37)(H,36,38). The molecule has 6 nitrogen and oxygen atoms in total. The van der Waals surface area contributed by atoms with E-state index < -0.39 is 0 Å². The molecule has 0 radical (unpaired) electrons. The van der Waals surface area contributed by atoms with Crippen molar-refractivity contribution in [1.29, 1.82) is 0 Å². The van der Waals surface area contributed by atoms with Crippen LogP contribution in [0.4, 0.5) is 11.4 Å². The van der Waals surface area contributed by atoms with E-state index in [1.807, 2.05) is 109 Å². The molecular formula is C34H26N2O4. The van der Waals surface area contributed by atoms with Gasteiger partial charge >= 0.3 is 0 Å². The van der Waals surface area contributed by atoms with Gasteiger partial charge in [-0.2, -0.15) is 0 Å². The Morgan fingerprint density at radius 3 is 1.25 bits per heavy atom. The third-order valence-electron chi connectivity index (χ3n) is 7.04. The van der Waals surface area contributed by atoms with E-state index >= 15 is 0 Å². The minimum absolute atomic E-state index is 0.287. The molecule has 0 aliphatic heterocycles. The van der Waals surface area contributed by atoms with E-state index in [1.165, 1.54) is 0 Å². The monoisotopic (exact) mass is 526 g/mol. The van der Waals surface area contributed by atoms with Gasteiger partial charge < -0.3 is 20.1 Å². The van der Waals surface area contributed by atoms with Crippen molar-refractivity contribution in [2.45, 2.75) is 0 Å². The third-order valence-corrected chi connectivity index (χ3v) is 7.04. The van der Waals surface area contributed by atoms with E-state index in [4.69, 9.17) is 9.47 Å². The fraction of sp³-hybridized carbons (Fsp3) is 0.0588. The smallest absolute Gasteiger partial charge is 0.259 e. The van der Waals surface area contributed by atoms with Gasteiger partial charge in [-0.25, -0.2) is 0 Å². The molecule has 0 aliphatic carbocycles. The Morgan fingerprint density at radius 1 is 0.500 bits per heavy atom. The molecule has 2 N–H and O–H groups in total. The Hall–Kier alpha value is -5.36. The van der Waals surface area contributed by atoms with Crippen LogP contribution < -0.4 is 20.1 Å².